The fourth-order valence-corrected chi connectivity index (χ4v) is 5.48. The molecule has 0 bridgehead atoms. The van der Waals surface area contributed by atoms with E-state index in [9.17, 15) is 14.4 Å². The van der Waals surface area contributed by atoms with Crippen molar-refractivity contribution >= 4 is 23.5 Å². The number of carbonyl (C=O) groups is 3. The molecule has 1 aromatic carbocycles. The summed E-state index contributed by atoms with van der Waals surface area (Å²) in [6.07, 6.45) is 4.62. The van der Waals surface area contributed by atoms with Crippen molar-refractivity contribution in [2.75, 3.05) is 27.4 Å². The van der Waals surface area contributed by atoms with Gasteiger partial charge in [0.2, 0.25) is 5.91 Å². The number of hydrogen-bond acceptors (Lipinski definition) is 6. The second-order valence-electron chi connectivity index (χ2n) is 8.74. The van der Waals surface area contributed by atoms with Crippen LogP contribution in [0.25, 0.3) is 5.57 Å². The maximum absolute atomic E-state index is 13.5. The van der Waals surface area contributed by atoms with E-state index in [1.807, 2.05) is 13.0 Å². The summed E-state index contributed by atoms with van der Waals surface area (Å²) < 4.78 is 15.3. The molecule has 166 valence electrons. The predicted molar refractivity (Wildman–Crippen MR) is 113 cm³/mol. The third-order valence-electron chi connectivity index (χ3n) is 7.18. The SMILES string of the molecule is COC(=O)CC[C@H]1[C@@H]2CCc3cc(OC)ccc3C2=CC[C@]1(C)C(=O)N1CCOC1=O. The van der Waals surface area contributed by atoms with Gasteiger partial charge in [0.15, 0.2) is 0 Å². The molecule has 1 fully saturated rings. The number of methoxy groups -OCH3 is 2. The highest BCUT2D eigenvalue weighted by atomic mass is 16.6. The quantitative estimate of drug-likeness (QED) is 0.668. The van der Waals surface area contributed by atoms with E-state index in [4.69, 9.17) is 14.2 Å². The molecule has 0 radical (unpaired) electrons. The van der Waals surface area contributed by atoms with Crippen LogP contribution in [0.15, 0.2) is 24.3 Å². The highest BCUT2D eigenvalue weighted by Gasteiger charge is 2.52. The lowest BCUT2D eigenvalue weighted by molar-refractivity contribution is -0.145. The van der Waals surface area contributed by atoms with Crippen LogP contribution in [0.5, 0.6) is 5.75 Å². The first kappa shape index (κ1) is 21.4. The molecule has 31 heavy (non-hydrogen) atoms. The monoisotopic (exact) mass is 427 g/mol. The molecule has 1 heterocycles. The lowest BCUT2D eigenvalue weighted by atomic mass is 9.57. The molecule has 0 aromatic heterocycles. The number of amides is 2. The summed E-state index contributed by atoms with van der Waals surface area (Å²) in [5.74, 6) is 0.395. The minimum atomic E-state index is -0.782. The molecular formula is C24H29NO6. The lowest BCUT2D eigenvalue weighted by Gasteiger charge is -2.47. The Morgan fingerprint density at radius 1 is 1.29 bits per heavy atom. The van der Waals surface area contributed by atoms with Crippen LogP contribution in [0.3, 0.4) is 0 Å². The van der Waals surface area contributed by atoms with Gasteiger partial charge in [-0.25, -0.2) is 9.69 Å². The first-order chi connectivity index (χ1) is 14.9. The van der Waals surface area contributed by atoms with Gasteiger partial charge in [-0.2, -0.15) is 0 Å². The molecule has 0 unspecified atom stereocenters. The van der Waals surface area contributed by atoms with Gasteiger partial charge in [-0.3, -0.25) is 9.59 Å². The maximum Gasteiger partial charge on any atom is 0.416 e. The van der Waals surface area contributed by atoms with Crippen LogP contribution in [-0.4, -0.2) is 50.2 Å². The number of cyclic esters (lactones) is 1. The largest absolute Gasteiger partial charge is 0.497 e. The van der Waals surface area contributed by atoms with E-state index < -0.39 is 11.5 Å². The van der Waals surface area contributed by atoms with Gasteiger partial charge in [0, 0.05) is 6.42 Å². The van der Waals surface area contributed by atoms with Crippen molar-refractivity contribution in [3.05, 3.63) is 35.4 Å². The van der Waals surface area contributed by atoms with Crippen molar-refractivity contribution in [3.8, 4) is 5.75 Å². The molecule has 1 saturated heterocycles. The topological polar surface area (TPSA) is 82.1 Å². The van der Waals surface area contributed by atoms with Crippen LogP contribution < -0.4 is 4.74 Å². The van der Waals surface area contributed by atoms with E-state index in [2.05, 4.69) is 18.2 Å². The Labute approximate surface area is 182 Å². The van der Waals surface area contributed by atoms with Gasteiger partial charge >= 0.3 is 12.1 Å². The minimum Gasteiger partial charge on any atom is -0.497 e. The van der Waals surface area contributed by atoms with Gasteiger partial charge in [0.05, 0.1) is 26.2 Å². The van der Waals surface area contributed by atoms with Crippen molar-refractivity contribution < 1.29 is 28.6 Å². The smallest absolute Gasteiger partial charge is 0.416 e. The Balaban J connectivity index is 1.71. The second-order valence-corrected chi connectivity index (χ2v) is 8.74. The van der Waals surface area contributed by atoms with Crippen LogP contribution in [0, 0.1) is 17.3 Å². The average Bonchev–Trinajstić information content (AvgIpc) is 3.22. The second kappa shape index (κ2) is 8.36. The summed E-state index contributed by atoms with van der Waals surface area (Å²) >= 11 is 0. The van der Waals surface area contributed by atoms with Gasteiger partial charge in [-0.1, -0.05) is 19.1 Å². The number of carbonyl (C=O) groups excluding carboxylic acids is 3. The Morgan fingerprint density at radius 2 is 2.10 bits per heavy atom. The van der Waals surface area contributed by atoms with Crippen LogP contribution in [0.4, 0.5) is 4.79 Å². The number of aryl methyl sites for hydroxylation is 1. The van der Waals surface area contributed by atoms with E-state index in [-0.39, 0.29) is 43.3 Å². The molecule has 3 atom stereocenters. The van der Waals surface area contributed by atoms with Gasteiger partial charge < -0.3 is 14.2 Å². The van der Waals surface area contributed by atoms with Crippen molar-refractivity contribution in [2.45, 2.75) is 39.0 Å². The van der Waals surface area contributed by atoms with E-state index in [0.717, 1.165) is 18.6 Å². The summed E-state index contributed by atoms with van der Waals surface area (Å²) in [7, 11) is 3.04. The van der Waals surface area contributed by atoms with Crippen molar-refractivity contribution in [2.24, 2.45) is 17.3 Å². The van der Waals surface area contributed by atoms with Gasteiger partial charge in [0.25, 0.3) is 0 Å². The number of benzene rings is 1. The Bertz CT molecular complexity index is 938. The Morgan fingerprint density at radius 3 is 2.77 bits per heavy atom. The standard InChI is InChI=1S/C24H29NO6/c1-24(22(27)25-12-13-31-23(25)28)11-10-18-17-7-5-16(29-2)14-15(17)4-6-19(18)20(24)8-9-21(26)30-3/h5,7,10,14,19-20H,4,6,8-9,11-13H2,1-3H3/t19-,20+,24+/m1/s1. The predicted octanol–water partition coefficient (Wildman–Crippen LogP) is 3.60. The molecule has 7 nitrogen and oxygen atoms in total. The van der Waals surface area contributed by atoms with Crippen LogP contribution in [-0.2, 0) is 25.5 Å². The lowest BCUT2D eigenvalue weighted by Crippen LogP contribution is -2.50. The van der Waals surface area contributed by atoms with E-state index >= 15 is 0 Å². The first-order valence-corrected chi connectivity index (χ1v) is 10.8. The van der Waals surface area contributed by atoms with Crippen molar-refractivity contribution in [1.82, 2.24) is 4.90 Å². The number of ether oxygens (including phenoxy) is 3. The number of fused-ring (bicyclic) bond motifs is 3. The number of imide groups is 1. The Hall–Kier alpha value is -2.83. The van der Waals surface area contributed by atoms with Gasteiger partial charge in [-0.15, -0.1) is 0 Å². The number of rotatable bonds is 5. The molecule has 4 rings (SSSR count). The molecule has 7 heteroatoms. The molecule has 2 amide bonds. The molecule has 2 aliphatic carbocycles. The first-order valence-electron chi connectivity index (χ1n) is 10.8. The third-order valence-corrected chi connectivity index (χ3v) is 7.18. The van der Waals surface area contributed by atoms with E-state index in [1.165, 1.54) is 28.7 Å². The molecule has 0 N–H and O–H groups in total. The number of esters is 1. The normalized spacial score (nSPS) is 27.0. The van der Waals surface area contributed by atoms with Crippen LogP contribution in [0.1, 0.15) is 43.7 Å². The molecular weight excluding hydrogens is 398 g/mol. The average molecular weight is 427 g/mol. The zero-order chi connectivity index (χ0) is 22.2. The summed E-state index contributed by atoms with van der Waals surface area (Å²) in [5.41, 5.74) is 2.88. The fourth-order valence-electron chi connectivity index (χ4n) is 5.48. The molecule has 0 saturated carbocycles. The number of hydrogen-bond donors (Lipinski definition) is 0. The van der Waals surface area contributed by atoms with Gasteiger partial charge in [0.1, 0.15) is 12.4 Å². The summed E-state index contributed by atoms with van der Waals surface area (Å²) in [6, 6.07) is 6.13. The summed E-state index contributed by atoms with van der Waals surface area (Å²) in [5, 5.41) is 0. The number of nitrogens with zero attached hydrogens (tertiary/aromatic N) is 1. The highest BCUT2D eigenvalue weighted by molar-refractivity contribution is 5.97. The molecule has 1 aliphatic heterocycles. The zero-order valence-electron chi connectivity index (χ0n) is 18.3. The Kier molecular flexibility index (Phi) is 5.77. The van der Waals surface area contributed by atoms with Crippen molar-refractivity contribution in [1.29, 1.82) is 0 Å². The number of allylic oxidation sites excluding steroid dienone is 2. The third kappa shape index (κ3) is 3.70. The minimum absolute atomic E-state index is 0.0808. The summed E-state index contributed by atoms with van der Waals surface area (Å²) in [6.45, 7) is 2.44. The fraction of sp³-hybridized carbons (Fsp3) is 0.542. The molecule has 0 spiro atoms. The van der Waals surface area contributed by atoms with Crippen LogP contribution in [0.2, 0.25) is 0 Å². The van der Waals surface area contributed by atoms with Crippen molar-refractivity contribution in [3.63, 3.8) is 0 Å². The van der Waals surface area contributed by atoms with E-state index in [0.29, 0.717) is 12.8 Å². The molecule has 1 aromatic rings. The van der Waals surface area contributed by atoms with Gasteiger partial charge in [-0.05, 0) is 66.4 Å². The molecule has 3 aliphatic rings. The van der Waals surface area contributed by atoms with Crippen LogP contribution >= 0.6 is 0 Å². The summed E-state index contributed by atoms with van der Waals surface area (Å²) in [4.78, 5) is 38.8. The zero-order valence-corrected chi connectivity index (χ0v) is 18.3. The highest BCUT2D eigenvalue weighted by Crippen LogP contribution is 2.54. The van der Waals surface area contributed by atoms with E-state index in [1.54, 1.807) is 7.11 Å². The maximum atomic E-state index is 13.5.